The van der Waals surface area contributed by atoms with Gasteiger partial charge in [0.2, 0.25) is 5.91 Å². The van der Waals surface area contributed by atoms with Crippen molar-refractivity contribution in [3.05, 3.63) is 36.5 Å². The molecule has 0 aromatic carbocycles. The maximum Gasteiger partial charge on any atom is 0.397 e. The summed E-state index contributed by atoms with van der Waals surface area (Å²) in [6, 6.07) is -1.14. The highest BCUT2D eigenvalue weighted by Gasteiger charge is 2.48. The van der Waals surface area contributed by atoms with Crippen molar-refractivity contribution in [3.63, 3.8) is 0 Å². The van der Waals surface area contributed by atoms with Crippen LogP contribution in [0.1, 0.15) is 104 Å². The number of unbranched alkanes of at least 4 members (excludes halogenated alkanes) is 9. The average Bonchev–Trinajstić information content (AvgIpc) is 3.03. The minimum atomic E-state index is -5.11. The Bertz CT molecular complexity index is 1020. The van der Waals surface area contributed by atoms with E-state index in [0.29, 0.717) is 12.8 Å². The Balaban J connectivity index is 2.84. The first-order valence-electron chi connectivity index (χ1n) is 17.0. The van der Waals surface area contributed by atoms with Gasteiger partial charge in [-0.2, -0.15) is 8.42 Å². The number of hydrogen-bond acceptors (Lipinski definition) is 11. The Morgan fingerprint density at radius 2 is 1.45 bits per heavy atom. The predicted molar refractivity (Wildman–Crippen MR) is 177 cm³/mol. The summed E-state index contributed by atoms with van der Waals surface area (Å²) in [6.07, 6.45) is 12.9. The lowest BCUT2D eigenvalue weighted by molar-refractivity contribution is -0.298. The molecule has 13 nitrogen and oxygen atoms in total. The number of aliphatic hydroxyl groups excluding tert-OH is 5. The van der Waals surface area contributed by atoms with Gasteiger partial charge in [0.05, 0.1) is 25.4 Å². The number of amides is 1. The number of hydrogen-bond donors (Lipinski definition) is 7. The Morgan fingerprint density at radius 1 is 0.851 bits per heavy atom. The van der Waals surface area contributed by atoms with Crippen molar-refractivity contribution < 1.29 is 57.0 Å². The molecule has 1 rings (SSSR count). The van der Waals surface area contributed by atoms with Crippen molar-refractivity contribution in [1.29, 1.82) is 0 Å². The first-order valence-corrected chi connectivity index (χ1v) is 18.3. The second kappa shape index (κ2) is 25.3. The van der Waals surface area contributed by atoms with E-state index in [4.69, 9.17) is 14.0 Å². The zero-order chi connectivity index (χ0) is 35.1. The van der Waals surface area contributed by atoms with E-state index in [1.54, 1.807) is 6.08 Å². The molecule has 1 heterocycles. The number of carbonyl (C=O) groups excluding carboxylic acids is 1. The third-order valence-corrected chi connectivity index (χ3v) is 8.22. The maximum absolute atomic E-state index is 12.9. The molecule has 0 saturated carbocycles. The maximum atomic E-state index is 12.9. The van der Waals surface area contributed by atoms with E-state index in [2.05, 4.69) is 47.7 Å². The van der Waals surface area contributed by atoms with Crippen LogP contribution in [0, 0.1) is 0 Å². The molecular weight excluding hydrogens is 634 g/mol. The molecule has 1 aliphatic rings. The van der Waals surface area contributed by atoms with Gasteiger partial charge in [-0.05, 0) is 51.4 Å². The molecule has 7 N–H and O–H groups in total. The van der Waals surface area contributed by atoms with Crippen LogP contribution < -0.4 is 5.32 Å². The Labute approximate surface area is 280 Å². The van der Waals surface area contributed by atoms with E-state index in [1.807, 2.05) is 0 Å². The van der Waals surface area contributed by atoms with E-state index in [1.165, 1.54) is 12.5 Å². The monoisotopic (exact) mass is 693 g/mol. The van der Waals surface area contributed by atoms with Gasteiger partial charge < -0.3 is 40.3 Å². The first-order chi connectivity index (χ1) is 22.4. The van der Waals surface area contributed by atoms with Crippen LogP contribution in [0.25, 0.3) is 0 Å². The summed E-state index contributed by atoms with van der Waals surface area (Å²) in [5, 5.41) is 54.4. The quantitative estimate of drug-likeness (QED) is 0.0396. The molecule has 1 saturated heterocycles. The summed E-state index contributed by atoms with van der Waals surface area (Å²) in [5.41, 5.74) is 0. The number of nitrogens with one attached hydrogen (secondary N) is 1. The molecule has 1 amide bonds. The lowest BCUT2D eigenvalue weighted by atomic mass is 9.99. The fourth-order valence-corrected chi connectivity index (χ4v) is 5.43. The average molecular weight is 694 g/mol. The third-order valence-electron chi connectivity index (χ3n) is 7.75. The van der Waals surface area contributed by atoms with Gasteiger partial charge in [0.15, 0.2) is 6.29 Å². The molecule has 0 aromatic rings. The summed E-state index contributed by atoms with van der Waals surface area (Å²) in [4.78, 5) is 12.9. The normalized spacial score (nSPS) is 24.3. The number of rotatable bonds is 26. The van der Waals surface area contributed by atoms with Gasteiger partial charge in [-0.3, -0.25) is 9.35 Å². The highest BCUT2D eigenvalue weighted by molar-refractivity contribution is 7.80. The van der Waals surface area contributed by atoms with Gasteiger partial charge in [0.1, 0.15) is 30.5 Å². The largest absolute Gasteiger partial charge is 0.397 e. The summed E-state index contributed by atoms with van der Waals surface area (Å²) in [6.45, 7) is 3.00. The Morgan fingerprint density at radius 3 is 2.06 bits per heavy atom. The molecule has 8 atom stereocenters. The molecule has 0 aliphatic carbocycles. The third kappa shape index (κ3) is 19.2. The SMILES string of the molecule is CCCC/C=C\CCCCCC(O)C(=O)NC(COC1OC(CO)C(O)C(OS(=O)(=O)O)C1O)C(O)/C=C/CC/C=C/CCCCC. The van der Waals surface area contributed by atoms with E-state index in [-0.39, 0.29) is 6.42 Å². The molecule has 0 bridgehead atoms. The van der Waals surface area contributed by atoms with Crippen LogP contribution in [0.3, 0.4) is 0 Å². The zero-order valence-electron chi connectivity index (χ0n) is 27.9. The van der Waals surface area contributed by atoms with Gasteiger partial charge in [0.25, 0.3) is 0 Å². The molecule has 47 heavy (non-hydrogen) atoms. The molecule has 8 unspecified atom stereocenters. The predicted octanol–water partition coefficient (Wildman–Crippen LogP) is 3.01. The second-order valence-electron chi connectivity index (χ2n) is 11.9. The smallest absolute Gasteiger partial charge is 0.394 e. The summed E-state index contributed by atoms with van der Waals surface area (Å²) < 4.78 is 47.0. The summed E-state index contributed by atoms with van der Waals surface area (Å²) in [7, 11) is -5.11. The zero-order valence-corrected chi connectivity index (χ0v) is 28.8. The minimum Gasteiger partial charge on any atom is -0.394 e. The highest BCUT2D eigenvalue weighted by Crippen LogP contribution is 2.26. The summed E-state index contributed by atoms with van der Waals surface area (Å²) >= 11 is 0. The van der Waals surface area contributed by atoms with Crippen molar-refractivity contribution in [1.82, 2.24) is 5.32 Å². The van der Waals surface area contributed by atoms with Crippen LogP contribution in [0.5, 0.6) is 0 Å². The van der Waals surface area contributed by atoms with Crippen LogP contribution in [-0.4, -0.2) is 107 Å². The van der Waals surface area contributed by atoms with Crippen LogP contribution in [-0.2, 0) is 28.9 Å². The number of ether oxygens (including phenoxy) is 2. The van der Waals surface area contributed by atoms with E-state index in [0.717, 1.165) is 64.2 Å². The fourth-order valence-electron chi connectivity index (χ4n) is 4.92. The number of aliphatic hydroxyl groups is 5. The number of allylic oxidation sites excluding steroid dienone is 5. The minimum absolute atomic E-state index is 0.213. The lowest BCUT2D eigenvalue weighted by Crippen LogP contribution is -2.61. The molecule has 1 fully saturated rings. The van der Waals surface area contributed by atoms with Crippen LogP contribution in [0.4, 0.5) is 0 Å². The van der Waals surface area contributed by atoms with E-state index < -0.39 is 78.5 Å². The second-order valence-corrected chi connectivity index (χ2v) is 12.9. The highest BCUT2D eigenvalue weighted by atomic mass is 32.3. The van der Waals surface area contributed by atoms with Gasteiger partial charge >= 0.3 is 10.4 Å². The van der Waals surface area contributed by atoms with Gasteiger partial charge in [-0.25, -0.2) is 4.18 Å². The molecule has 0 spiro atoms. The van der Waals surface area contributed by atoms with Crippen LogP contribution >= 0.6 is 0 Å². The fraction of sp³-hybridized carbons (Fsp3) is 0.788. The lowest BCUT2D eigenvalue weighted by Gasteiger charge is -2.41. The van der Waals surface area contributed by atoms with Crippen molar-refractivity contribution in [2.45, 2.75) is 153 Å². The molecular formula is C33H59NO12S. The Hall–Kier alpha value is -1.72. The molecule has 274 valence electrons. The molecule has 14 heteroatoms. The Kier molecular flexibility index (Phi) is 23.3. The summed E-state index contributed by atoms with van der Waals surface area (Å²) in [5.74, 6) is -0.734. The molecule has 0 aromatic heterocycles. The van der Waals surface area contributed by atoms with Crippen LogP contribution in [0.2, 0.25) is 0 Å². The topological polar surface area (TPSA) is 212 Å². The van der Waals surface area contributed by atoms with E-state index in [9.17, 15) is 38.7 Å². The first kappa shape index (κ1) is 43.3. The number of carbonyl (C=O) groups is 1. The van der Waals surface area contributed by atoms with Gasteiger partial charge in [0, 0.05) is 0 Å². The van der Waals surface area contributed by atoms with Crippen LogP contribution in [0.15, 0.2) is 36.5 Å². The van der Waals surface area contributed by atoms with Crippen molar-refractivity contribution >= 4 is 16.3 Å². The van der Waals surface area contributed by atoms with Gasteiger partial charge in [-0.1, -0.05) is 88.8 Å². The van der Waals surface area contributed by atoms with Crippen molar-refractivity contribution in [3.8, 4) is 0 Å². The standard InChI is InChI=1S/C33H59NO12S/c1-3-5-7-9-11-13-15-17-19-21-26(36)25(34-32(40)27(37)22-20-18-16-14-12-10-8-6-4-2)24-44-33-30(39)31(46-47(41,42)43)29(38)28(23-35)45-33/h10-13,19,21,25-31,33,35-39H,3-9,14-18,20,22-24H2,1-2H3,(H,34,40)(H,41,42,43)/b12-10-,13-11+,21-19+. The van der Waals surface area contributed by atoms with E-state index >= 15 is 0 Å². The molecule has 1 aliphatic heterocycles. The van der Waals surface area contributed by atoms with Crippen molar-refractivity contribution in [2.75, 3.05) is 13.2 Å². The van der Waals surface area contributed by atoms with Crippen molar-refractivity contribution in [2.24, 2.45) is 0 Å². The van der Waals surface area contributed by atoms with Gasteiger partial charge in [-0.15, -0.1) is 0 Å². The molecule has 0 radical (unpaired) electrons.